The van der Waals surface area contributed by atoms with Crippen LogP contribution in [0.3, 0.4) is 0 Å². The molecule has 22 heavy (non-hydrogen) atoms. The Labute approximate surface area is 136 Å². The molecule has 1 heterocycles. The maximum absolute atomic E-state index is 12.5. The van der Waals surface area contributed by atoms with Gasteiger partial charge in [-0.15, -0.1) is 10.2 Å². The Morgan fingerprint density at radius 2 is 1.77 bits per heavy atom. The summed E-state index contributed by atoms with van der Waals surface area (Å²) >= 11 is 1.49. The van der Waals surface area contributed by atoms with Crippen LogP contribution in [0.15, 0.2) is 30.3 Å². The summed E-state index contributed by atoms with van der Waals surface area (Å²) in [6.45, 7) is 6.32. The van der Waals surface area contributed by atoms with Crippen molar-refractivity contribution >= 4 is 22.4 Å². The Morgan fingerprint density at radius 1 is 1.09 bits per heavy atom. The molecule has 2 aromatic rings. The van der Waals surface area contributed by atoms with Crippen molar-refractivity contribution in [1.29, 1.82) is 0 Å². The van der Waals surface area contributed by atoms with Gasteiger partial charge >= 0.3 is 0 Å². The highest BCUT2D eigenvalue weighted by Gasteiger charge is 2.21. The Bertz CT molecular complexity index is 593. The number of carbonyl (C=O) groups excluding carboxylic acids is 1. The van der Waals surface area contributed by atoms with Crippen LogP contribution in [0.1, 0.15) is 62.4 Å². The van der Waals surface area contributed by atoms with E-state index in [4.69, 9.17) is 0 Å². The molecule has 0 saturated heterocycles. The first-order valence-electron chi connectivity index (χ1n) is 7.88. The molecule has 1 N–H and O–H groups in total. The molecule has 0 aliphatic heterocycles. The highest BCUT2D eigenvalue weighted by molar-refractivity contribution is 7.15. The number of benzene rings is 1. The smallest absolute Gasteiger partial charge is 0.233 e. The van der Waals surface area contributed by atoms with Gasteiger partial charge in [0, 0.05) is 5.92 Å². The summed E-state index contributed by atoms with van der Waals surface area (Å²) in [7, 11) is 0. The van der Waals surface area contributed by atoms with Crippen molar-refractivity contribution in [2.45, 2.75) is 51.9 Å². The SMILES string of the molecule is CCC(CC)c1nnc(NC(=O)[C@H](CC)c2ccccc2)s1. The Hall–Kier alpha value is -1.75. The van der Waals surface area contributed by atoms with Crippen molar-refractivity contribution in [2.24, 2.45) is 0 Å². The first kappa shape index (κ1) is 16.6. The number of anilines is 1. The highest BCUT2D eigenvalue weighted by atomic mass is 32.1. The van der Waals surface area contributed by atoms with E-state index in [0.29, 0.717) is 11.0 Å². The van der Waals surface area contributed by atoms with Gasteiger partial charge in [-0.2, -0.15) is 0 Å². The van der Waals surface area contributed by atoms with Crippen LogP contribution >= 0.6 is 11.3 Å². The molecule has 118 valence electrons. The fourth-order valence-electron chi connectivity index (χ4n) is 2.54. The number of rotatable bonds is 7. The zero-order valence-electron chi connectivity index (χ0n) is 13.4. The van der Waals surface area contributed by atoms with E-state index in [9.17, 15) is 4.79 Å². The van der Waals surface area contributed by atoms with Gasteiger partial charge in [0.2, 0.25) is 11.0 Å². The molecule has 4 nitrogen and oxygen atoms in total. The first-order chi connectivity index (χ1) is 10.7. The van der Waals surface area contributed by atoms with E-state index in [-0.39, 0.29) is 11.8 Å². The third kappa shape index (κ3) is 3.91. The van der Waals surface area contributed by atoms with Crippen LogP contribution in [-0.4, -0.2) is 16.1 Å². The fraction of sp³-hybridized carbons (Fsp3) is 0.471. The van der Waals surface area contributed by atoms with Gasteiger partial charge in [0.25, 0.3) is 0 Å². The second kappa shape index (κ2) is 8.03. The zero-order valence-corrected chi connectivity index (χ0v) is 14.2. The lowest BCUT2D eigenvalue weighted by molar-refractivity contribution is -0.117. The van der Waals surface area contributed by atoms with Crippen LogP contribution < -0.4 is 5.32 Å². The lowest BCUT2D eigenvalue weighted by atomic mass is 9.96. The van der Waals surface area contributed by atoms with Crippen LogP contribution in [0.4, 0.5) is 5.13 Å². The van der Waals surface area contributed by atoms with E-state index < -0.39 is 0 Å². The van der Waals surface area contributed by atoms with E-state index in [1.807, 2.05) is 37.3 Å². The molecule has 0 radical (unpaired) electrons. The standard InChI is InChI=1S/C17H23N3OS/c1-4-12(5-2)16-19-20-17(22-16)18-15(21)14(6-3)13-10-8-7-9-11-13/h7-12,14H,4-6H2,1-3H3,(H,18,20,21)/t14-/m1/s1. The van der Waals surface area contributed by atoms with Crippen LogP contribution in [0.5, 0.6) is 0 Å². The number of amides is 1. The molecule has 0 aliphatic rings. The van der Waals surface area contributed by atoms with Crippen molar-refractivity contribution in [3.63, 3.8) is 0 Å². The second-order valence-corrected chi connectivity index (χ2v) is 6.33. The van der Waals surface area contributed by atoms with Gasteiger partial charge in [0.1, 0.15) is 5.01 Å². The lowest BCUT2D eigenvalue weighted by Gasteiger charge is -2.13. The molecule has 2 rings (SSSR count). The van der Waals surface area contributed by atoms with Crippen LogP contribution in [0.2, 0.25) is 0 Å². The largest absolute Gasteiger partial charge is 0.300 e. The van der Waals surface area contributed by atoms with E-state index in [2.05, 4.69) is 29.4 Å². The maximum Gasteiger partial charge on any atom is 0.233 e. The molecular weight excluding hydrogens is 294 g/mol. The molecule has 0 bridgehead atoms. The minimum Gasteiger partial charge on any atom is -0.300 e. The third-order valence-electron chi connectivity index (χ3n) is 3.93. The Kier molecular flexibility index (Phi) is 6.07. The average molecular weight is 317 g/mol. The van der Waals surface area contributed by atoms with E-state index in [0.717, 1.165) is 29.8 Å². The fourth-order valence-corrected chi connectivity index (χ4v) is 3.55. The van der Waals surface area contributed by atoms with Gasteiger partial charge in [0.15, 0.2) is 0 Å². The third-order valence-corrected chi connectivity index (χ3v) is 4.93. The van der Waals surface area contributed by atoms with Crippen molar-refractivity contribution in [2.75, 3.05) is 5.32 Å². The van der Waals surface area contributed by atoms with Gasteiger partial charge < -0.3 is 0 Å². The summed E-state index contributed by atoms with van der Waals surface area (Å²) in [6, 6.07) is 9.86. The van der Waals surface area contributed by atoms with E-state index in [1.165, 1.54) is 11.3 Å². The molecule has 0 spiro atoms. The van der Waals surface area contributed by atoms with Crippen molar-refractivity contribution < 1.29 is 4.79 Å². The van der Waals surface area contributed by atoms with E-state index >= 15 is 0 Å². The Morgan fingerprint density at radius 3 is 2.36 bits per heavy atom. The van der Waals surface area contributed by atoms with Gasteiger partial charge in [-0.25, -0.2) is 0 Å². The molecule has 0 fully saturated rings. The molecule has 5 heteroatoms. The summed E-state index contributed by atoms with van der Waals surface area (Å²) < 4.78 is 0. The molecular formula is C17H23N3OS. The Balaban J connectivity index is 2.08. The molecule has 0 saturated carbocycles. The van der Waals surface area contributed by atoms with Crippen molar-refractivity contribution in [3.8, 4) is 0 Å². The summed E-state index contributed by atoms with van der Waals surface area (Å²) in [5.74, 6) is 0.266. The van der Waals surface area contributed by atoms with Crippen molar-refractivity contribution in [1.82, 2.24) is 10.2 Å². The minimum atomic E-state index is -0.151. The van der Waals surface area contributed by atoms with Crippen molar-refractivity contribution in [3.05, 3.63) is 40.9 Å². The molecule has 1 aromatic carbocycles. The van der Waals surface area contributed by atoms with Gasteiger partial charge in [-0.3, -0.25) is 10.1 Å². The number of hydrogen-bond acceptors (Lipinski definition) is 4. The molecule has 1 aromatic heterocycles. The molecule has 1 amide bonds. The maximum atomic E-state index is 12.5. The number of aromatic nitrogens is 2. The lowest BCUT2D eigenvalue weighted by Crippen LogP contribution is -2.20. The number of nitrogens with zero attached hydrogens (tertiary/aromatic N) is 2. The highest BCUT2D eigenvalue weighted by Crippen LogP contribution is 2.29. The summed E-state index contributed by atoms with van der Waals surface area (Å²) in [5.41, 5.74) is 1.03. The molecule has 1 atom stereocenters. The zero-order chi connectivity index (χ0) is 15.9. The predicted molar refractivity (Wildman–Crippen MR) is 91.3 cm³/mol. The number of hydrogen-bond donors (Lipinski definition) is 1. The van der Waals surface area contributed by atoms with Gasteiger partial charge in [-0.05, 0) is 24.8 Å². The topological polar surface area (TPSA) is 54.9 Å². The van der Waals surface area contributed by atoms with Gasteiger partial charge in [0.05, 0.1) is 5.92 Å². The monoisotopic (exact) mass is 317 g/mol. The molecule has 0 unspecified atom stereocenters. The van der Waals surface area contributed by atoms with Gasteiger partial charge in [-0.1, -0.05) is 62.4 Å². The van der Waals surface area contributed by atoms with Crippen LogP contribution in [0.25, 0.3) is 0 Å². The molecule has 0 aliphatic carbocycles. The minimum absolute atomic E-state index is 0.0130. The first-order valence-corrected chi connectivity index (χ1v) is 8.70. The average Bonchev–Trinajstić information content (AvgIpc) is 2.98. The normalized spacial score (nSPS) is 12.4. The van der Waals surface area contributed by atoms with Crippen LogP contribution in [0, 0.1) is 0 Å². The summed E-state index contributed by atoms with van der Waals surface area (Å²) in [5, 5.41) is 12.9. The predicted octanol–water partition coefficient (Wildman–Crippen LogP) is 4.57. The summed E-state index contributed by atoms with van der Waals surface area (Å²) in [4.78, 5) is 12.5. The second-order valence-electron chi connectivity index (χ2n) is 5.32. The number of carbonyl (C=O) groups is 1. The summed E-state index contributed by atoms with van der Waals surface area (Å²) in [6.07, 6.45) is 2.84. The number of nitrogens with one attached hydrogen (secondary N) is 1. The van der Waals surface area contributed by atoms with Crippen LogP contribution in [-0.2, 0) is 4.79 Å². The van der Waals surface area contributed by atoms with E-state index in [1.54, 1.807) is 0 Å². The quantitative estimate of drug-likeness (QED) is 0.813.